The van der Waals surface area contributed by atoms with Crippen LogP contribution in [0.25, 0.3) is 6.08 Å². The molecule has 0 bridgehead atoms. The average Bonchev–Trinajstić information content (AvgIpc) is 3.40. The number of nitrogens with one attached hydrogen (secondary N) is 1. The zero-order chi connectivity index (χ0) is 22.9. The second kappa shape index (κ2) is 11.3. The predicted octanol–water partition coefficient (Wildman–Crippen LogP) is 3.48. The molecule has 1 unspecified atom stereocenters. The lowest BCUT2D eigenvalue weighted by Crippen LogP contribution is -2.55. The molecule has 6 heteroatoms. The zero-order valence-electron chi connectivity index (χ0n) is 18.6. The van der Waals surface area contributed by atoms with E-state index >= 15 is 0 Å². The van der Waals surface area contributed by atoms with Crippen LogP contribution < -0.4 is 5.32 Å². The largest absolute Gasteiger partial charge is 0.459 e. The third-order valence-corrected chi connectivity index (χ3v) is 5.79. The van der Waals surface area contributed by atoms with E-state index in [0.29, 0.717) is 19.5 Å². The molecule has 0 aliphatic carbocycles. The molecule has 3 aromatic rings. The van der Waals surface area contributed by atoms with E-state index in [2.05, 4.69) is 34.5 Å². The van der Waals surface area contributed by atoms with Crippen molar-refractivity contribution in [3.63, 3.8) is 0 Å². The molecule has 0 spiro atoms. The van der Waals surface area contributed by atoms with Crippen LogP contribution in [0.2, 0.25) is 0 Å². The molecule has 1 fully saturated rings. The molecular formula is C27H29N3O3. The summed E-state index contributed by atoms with van der Waals surface area (Å²) in [5, 5.41) is 2.88. The van der Waals surface area contributed by atoms with Gasteiger partial charge in [-0.05, 0) is 23.3 Å². The minimum absolute atomic E-state index is 0.0572. The summed E-state index contributed by atoms with van der Waals surface area (Å²) in [6.45, 7) is 3.73. The van der Waals surface area contributed by atoms with E-state index in [9.17, 15) is 9.59 Å². The summed E-state index contributed by atoms with van der Waals surface area (Å²) in [6.07, 6.45) is 6.17. The lowest BCUT2D eigenvalue weighted by atomic mass is 10.0. The molecule has 1 aromatic heterocycles. The smallest absolute Gasteiger partial charge is 0.287 e. The second-order valence-corrected chi connectivity index (χ2v) is 8.13. The summed E-state index contributed by atoms with van der Waals surface area (Å²) >= 11 is 0. The first-order valence-electron chi connectivity index (χ1n) is 11.3. The molecule has 2 aromatic carbocycles. The molecule has 6 nitrogen and oxygen atoms in total. The Balaban J connectivity index is 1.34. The molecule has 1 aliphatic rings. The van der Waals surface area contributed by atoms with Gasteiger partial charge in [0, 0.05) is 39.1 Å². The van der Waals surface area contributed by atoms with Crippen molar-refractivity contribution >= 4 is 17.9 Å². The molecule has 0 radical (unpaired) electrons. The summed E-state index contributed by atoms with van der Waals surface area (Å²) in [6, 6.07) is 22.6. The van der Waals surface area contributed by atoms with E-state index in [0.717, 1.165) is 25.2 Å². The van der Waals surface area contributed by atoms with Crippen LogP contribution in [0.3, 0.4) is 0 Å². The number of nitrogens with zero attached hydrogens (tertiary/aromatic N) is 2. The predicted molar refractivity (Wildman–Crippen MR) is 129 cm³/mol. The Labute approximate surface area is 194 Å². The number of amides is 2. The Bertz CT molecular complexity index is 1040. The molecule has 33 heavy (non-hydrogen) atoms. The van der Waals surface area contributed by atoms with Crippen LogP contribution in [0.1, 0.15) is 21.7 Å². The van der Waals surface area contributed by atoms with Crippen LogP contribution in [-0.2, 0) is 11.2 Å². The van der Waals surface area contributed by atoms with E-state index in [1.807, 2.05) is 53.4 Å². The normalized spacial score (nSPS) is 15.5. The maximum absolute atomic E-state index is 13.4. The molecule has 1 aliphatic heterocycles. The van der Waals surface area contributed by atoms with Crippen molar-refractivity contribution in [2.24, 2.45) is 0 Å². The van der Waals surface area contributed by atoms with Gasteiger partial charge in [0.2, 0.25) is 5.91 Å². The highest BCUT2D eigenvalue weighted by Crippen LogP contribution is 2.11. The van der Waals surface area contributed by atoms with E-state index in [-0.39, 0.29) is 17.6 Å². The number of carbonyl (C=O) groups is 2. The lowest BCUT2D eigenvalue weighted by Gasteiger charge is -2.36. The summed E-state index contributed by atoms with van der Waals surface area (Å²) in [5.41, 5.74) is 2.18. The lowest BCUT2D eigenvalue weighted by molar-refractivity contribution is -0.134. The van der Waals surface area contributed by atoms with Gasteiger partial charge in [0.1, 0.15) is 6.04 Å². The van der Waals surface area contributed by atoms with Crippen LogP contribution in [0.4, 0.5) is 0 Å². The first-order chi connectivity index (χ1) is 16.2. The molecule has 4 rings (SSSR count). The minimum Gasteiger partial charge on any atom is -0.459 e. The highest BCUT2D eigenvalue weighted by atomic mass is 16.3. The third-order valence-electron chi connectivity index (χ3n) is 5.79. The van der Waals surface area contributed by atoms with Crippen LogP contribution in [0, 0.1) is 0 Å². The Morgan fingerprint density at radius 3 is 2.27 bits per heavy atom. The molecule has 1 saturated heterocycles. The zero-order valence-corrected chi connectivity index (χ0v) is 18.6. The van der Waals surface area contributed by atoms with Gasteiger partial charge in [0.05, 0.1) is 6.26 Å². The van der Waals surface area contributed by atoms with Gasteiger partial charge in [-0.25, -0.2) is 0 Å². The van der Waals surface area contributed by atoms with Gasteiger partial charge in [-0.3, -0.25) is 14.5 Å². The summed E-state index contributed by atoms with van der Waals surface area (Å²) in [4.78, 5) is 30.1. The maximum Gasteiger partial charge on any atom is 0.287 e. The Morgan fingerprint density at radius 1 is 0.909 bits per heavy atom. The number of carbonyl (C=O) groups excluding carboxylic acids is 2. The van der Waals surface area contributed by atoms with E-state index in [1.165, 1.54) is 11.8 Å². The second-order valence-electron chi connectivity index (χ2n) is 8.13. The Hall–Kier alpha value is -3.64. The molecule has 1 N–H and O–H groups in total. The van der Waals surface area contributed by atoms with E-state index in [1.54, 1.807) is 12.1 Å². The summed E-state index contributed by atoms with van der Waals surface area (Å²) in [7, 11) is 0. The van der Waals surface area contributed by atoms with Crippen molar-refractivity contribution in [2.75, 3.05) is 32.7 Å². The quantitative estimate of drug-likeness (QED) is 0.579. The number of rotatable bonds is 8. The van der Waals surface area contributed by atoms with E-state index < -0.39 is 6.04 Å². The van der Waals surface area contributed by atoms with Gasteiger partial charge in [-0.2, -0.15) is 0 Å². The monoisotopic (exact) mass is 443 g/mol. The summed E-state index contributed by atoms with van der Waals surface area (Å²) < 4.78 is 5.21. The minimum atomic E-state index is -0.644. The van der Waals surface area contributed by atoms with Crippen molar-refractivity contribution in [2.45, 2.75) is 12.5 Å². The third kappa shape index (κ3) is 6.43. The van der Waals surface area contributed by atoms with E-state index in [4.69, 9.17) is 4.42 Å². The maximum atomic E-state index is 13.4. The van der Waals surface area contributed by atoms with Crippen molar-refractivity contribution in [3.05, 3.63) is 102 Å². The van der Waals surface area contributed by atoms with Crippen LogP contribution in [0.5, 0.6) is 0 Å². The molecule has 170 valence electrons. The number of furan rings is 1. The fourth-order valence-corrected chi connectivity index (χ4v) is 3.96. The molecule has 2 amide bonds. The number of benzene rings is 2. The highest BCUT2D eigenvalue weighted by molar-refractivity contribution is 5.95. The Kier molecular flexibility index (Phi) is 7.72. The molecule has 1 atom stereocenters. The van der Waals surface area contributed by atoms with Crippen molar-refractivity contribution in [1.29, 1.82) is 0 Å². The summed E-state index contributed by atoms with van der Waals surface area (Å²) in [5.74, 6) is -0.229. The first kappa shape index (κ1) is 22.6. The van der Waals surface area contributed by atoms with Crippen molar-refractivity contribution in [1.82, 2.24) is 15.1 Å². The van der Waals surface area contributed by atoms with Crippen molar-refractivity contribution in [3.8, 4) is 0 Å². The number of hydrogen-bond acceptors (Lipinski definition) is 4. The standard InChI is InChI=1S/C27H29N3O3/c31-26(25-14-8-20-33-25)28-24(21-23-11-5-2-6-12-23)27(32)30-18-16-29(17-19-30)15-7-13-22-9-3-1-4-10-22/h1-14,20,24H,15-19,21H2,(H,28,31)/b13-7+. The van der Waals surface area contributed by atoms with Crippen LogP contribution in [-0.4, -0.2) is 60.4 Å². The van der Waals surface area contributed by atoms with Gasteiger partial charge >= 0.3 is 0 Å². The fraction of sp³-hybridized carbons (Fsp3) is 0.259. The highest BCUT2D eigenvalue weighted by Gasteiger charge is 2.29. The van der Waals surface area contributed by atoms with Gasteiger partial charge in [0.25, 0.3) is 5.91 Å². The SMILES string of the molecule is O=C(NC(Cc1ccccc1)C(=O)N1CCN(C/C=C/c2ccccc2)CC1)c1ccco1. The fourth-order valence-electron chi connectivity index (χ4n) is 3.96. The van der Waals surface area contributed by atoms with Gasteiger partial charge in [-0.15, -0.1) is 0 Å². The topological polar surface area (TPSA) is 65.8 Å². The van der Waals surface area contributed by atoms with Crippen LogP contribution in [0.15, 0.2) is 89.6 Å². The van der Waals surface area contributed by atoms with Gasteiger partial charge < -0.3 is 14.6 Å². The molecule has 0 saturated carbocycles. The first-order valence-corrected chi connectivity index (χ1v) is 11.3. The number of piperazine rings is 1. The van der Waals surface area contributed by atoms with Gasteiger partial charge in [-0.1, -0.05) is 72.8 Å². The molecule has 2 heterocycles. The van der Waals surface area contributed by atoms with Gasteiger partial charge in [0.15, 0.2) is 5.76 Å². The van der Waals surface area contributed by atoms with Crippen molar-refractivity contribution < 1.29 is 14.0 Å². The number of hydrogen-bond donors (Lipinski definition) is 1. The average molecular weight is 444 g/mol. The van der Waals surface area contributed by atoms with Crippen LogP contribution >= 0.6 is 0 Å². The molecular weight excluding hydrogens is 414 g/mol. The Morgan fingerprint density at radius 2 is 1.61 bits per heavy atom.